The molecule has 3 aromatic carbocycles. The first-order chi connectivity index (χ1) is 14.0. The molecule has 1 aliphatic rings. The van der Waals surface area contributed by atoms with Gasteiger partial charge in [0.15, 0.2) is 11.5 Å². The summed E-state index contributed by atoms with van der Waals surface area (Å²) in [5.41, 5.74) is 3.59. The summed E-state index contributed by atoms with van der Waals surface area (Å²) in [6.07, 6.45) is 1.67. The number of phenols is 1. The van der Waals surface area contributed by atoms with Crippen LogP contribution in [0, 0.1) is 6.92 Å². The van der Waals surface area contributed by atoms with Crippen LogP contribution in [0.1, 0.15) is 27.0 Å². The highest BCUT2D eigenvalue weighted by Gasteiger charge is 2.35. The monoisotopic (exact) mass is 385 g/mol. The van der Waals surface area contributed by atoms with Gasteiger partial charge in [-0.15, -0.1) is 0 Å². The largest absolute Gasteiger partial charge is 0.504 e. The van der Waals surface area contributed by atoms with Crippen LogP contribution in [-0.4, -0.2) is 24.0 Å². The van der Waals surface area contributed by atoms with Crippen LogP contribution in [0.3, 0.4) is 0 Å². The number of hydrogen-bond donors (Lipinski definition) is 1. The summed E-state index contributed by atoms with van der Waals surface area (Å²) in [6.45, 7) is 1.94. The Labute approximate surface area is 168 Å². The van der Waals surface area contributed by atoms with E-state index in [1.165, 1.54) is 18.1 Å². The van der Waals surface area contributed by atoms with Crippen LogP contribution in [0.25, 0.3) is 11.6 Å². The van der Waals surface area contributed by atoms with E-state index in [1.54, 1.807) is 54.6 Å². The van der Waals surface area contributed by atoms with Gasteiger partial charge in [-0.2, -0.15) is 0 Å². The molecule has 0 radical (unpaired) electrons. The number of benzene rings is 3. The van der Waals surface area contributed by atoms with E-state index in [-0.39, 0.29) is 11.7 Å². The summed E-state index contributed by atoms with van der Waals surface area (Å²) in [6, 6.07) is 19.2. The molecule has 5 nitrogen and oxygen atoms in total. The first kappa shape index (κ1) is 18.5. The van der Waals surface area contributed by atoms with Crippen molar-refractivity contribution in [1.82, 2.24) is 0 Å². The van der Waals surface area contributed by atoms with Gasteiger partial charge in [0.1, 0.15) is 0 Å². The molecule has 1 heterocycles. The number of aryl methyl sites for hydroxylation is 1. The number of carbonyl (C=O) groups excluding carboxylic acids is 2. The third kappa shape index (κ3) is 3.27. The van der Waals surface area contributed by atoms with Gasteiger partial charge in [0.2, 0.25) is 0 Å². The molecular weight excluding hydrogens is 366 g/mol. The van der Waals surface area contributed by atoms with E-state index in [9.17, 15) is 14.7 Å². The van der Waals surface area contributed by atoms with Crippen LogP contribution in [0.2, 0.25) is 0 Å². The highest BCUT2D eigenvalue weighted by Crippen LogP contribution is 2.34. The fourth-order valence-electron chi connectivity index (χ4n) is 3.38. The van der Waals surface area contributed by atoms with Crippen molar-refractivity contribution in [2.75, 3.05) is 12.0 Å². The quantitative estimate of drug-likeness (QED) is 0.535. The summed E-state index contributed by atoms with van der Waals surface area (Å²) < 4.78 is 5.08. The topological polar surface area (TPSA) is 66.8 Å². The summed E-state index contributed by atoms with van der Waals surface area (Å²) >= 11 is 0. The lowest BCUT2D eigenvalue weighted by Gasteiger charge is -2.28. The number of ether oxygens (including phenoxy) is 1. The van der Waals surface area contributed by atoms with Crippen LogP contribution in [0.4, 0.5) is 5.69 Å². The number of fused-ring (bicyclic) bond motifs is 1. The molecule has 0 saturated carbocycles. The van der Waals surface area contributed by atoms with Gasteiger partial charge in [-0.3, -0.25) is 9.59 Å². The maximum Gasteiger partial charge on any atom is 0.265 e. The number of nitrogens with zero attached hydrogens (tertiary/aromatic N) is 1. The standard InChI is InChI=1S/C24H19NO4/c1-15-7-10-17(11-8-15)25-23(27)19-6-4-3-5-18(19)20(24(25)28)13-16-9-12-22(29-2)21(26)14-16/h3-14,26H,1-2H3/b20-13+. The van der Waals surface area contributed by atoms with E-state index in [0.29, 0.717) is 33.7 Å². The third-order valence-electron chi connectivity index (χ3n) is 4.89. The minimum absolute atomic E-state index is 0.0233. The molecule has 0 spiro atoms. The first-order valence-electron chi connectivity index (χ1n) is 9.13. The third-order valence-corrected chi connectivity index (χ3v) is 4.89. The number of amides is 2. The Morgan fingerprint density at radius 2 is 1.59 bits per heavy atom. The summed E-state index contributed by atoms with van der Waals surface area (Å²) in [5.74, 6) is -0.444. The number of carbonyl (C=O) groups is 2. The molecular formula is C24H19NO4. The SMILES string of the molecule is COc1ccc(/C=C2/C(=O)N(c3ccc(C)cc3)C(=O)c3ccccc32)cc1O. The molecule has 0 saturated heterocycles. The molecule has 0 atom stereocenters. The van der Waals surface area contributed by atoms with E-state index in [4.69, 9.17) is 4.74 Å². The Morgan fingerprint density at radius 1 is 0.897 bits per heavy atom. The number of rotatable bonds is 3. The van der Waals surface area contributed by atoms with Crippen molar-refractivity contribution in [3.05, 3.63) is 89.0 Å². The molecule has 0 bridgehead atoms. The summed E-state index contributed by atoms with van der Waals surface area (Å²) in [5, 5.41) is 10.1. The Hall–Kier alpha value is -3.86. The Balaban J connectivity index is 1.87. The number of imide groups is 1. The number of anilines is 1. The van der Waals surface area contributed by atoms with E-state index >= 15 is 0 Å². The highest BCUT2D eigenvalue weighted by atomic mass is 16.5. The fourth-order valence-corrected chi connectivity index (χ4v) is 3.38. The average Bonchev–Trinajstić information content (AvgIpc) is 2.73. The van der Waals surface area contributed by atoms with Gasteiger partial charge < -0.3 is 9.84 Å². The van der Waals surface area contributed by atoms with Crippen molar-refractivity contribution >= 4 is 29.2 Å². The van der Waals surface area contributed by atoms with Crippen LogP contribution in [0.15, 0.2) is 66.7 Å². The normalized spacial score (nSPS) is 14.8. The minimum atomic E-state index is -0.409. The molecule has 0 aromatic heterocycles. The van der Waals surface area contributed by atoms with Gasteiger partial charge in [0.05, 0.1) is 12.8 Å². The van der Waals surface area contributed by atoms with Gasteiger partial charge in [-0.1, -0.05) is 42.0 Å². The average molecular weight is 385 g/mol. The zero-order valence-electron chi connectivity index (χ0n) is 16.0. The lowest BCUT2D eigenvalue weighted by molar-refractivity contribution is -0.112. The summed E-state index contributed by atoms with van der Waals surface area (Å²) in [4.78, 5) is 27.6. The first-order valence-corrected chi connectivity index (χ1v) is 9.13. The predicted octanol–water partition coefficient (Wildman–Crippen LogP) is 4.44. The van der Waals surface area contributed by atoms with Gasteiger partial charge >= 0.3 is 0 Å². The highest BCUT2D eigenvalue weighted by molar-refractivity contribution is 6.43. The molecule has 4 rings (SSSR count). The van der Waals surface area contributed by atoms with Crippen molar-refractivity contribution in [2.24, 2.45) is 0 Å². The molecule has 2 amide bonds. The zero-order chi connectivity index (χ0) is 20.5. The van der Waals surface area contributed by atoms with Crippen molar-refractivity contribution in [3.8, 4) is 11.5 Å². The Bertz CT molecular complexity index is 1150. The van der Waals surface area contributed by atoms with Gasteiger partial charge in [-0.05, 0) is 54.5 Å². The van der Waals surface area contributed by atoms with Crippen molar-refractivity contribution in [3.63, 3.8) is 0 Å². The smallest absolute Gasteiger partial charge is 0.265 e. The molecule has 3 aromatic rings. The Morgan fingerprint density at radius 3 is 2.24 bits per heavy atom. The molecule has 5 heteroatoms. The predicted molar refractivity (Wildman–Crippen MR) is 112 cm³/mol. The maximum atomic E-state index is 13.3. The van der Waals surface area contributed by atoms with Crippen molar-refractivity contribution < 1.29 is 19.4 Å². The van der Waals surface area contributed by atoms with Crippen LogP contribution in [-0.2, 0) is 4.79 Å². The van der Waals surface area contributed by atoms with E-state index < -0.39 is 5.91 Å². The van der Waals surface area contributed by atoms with Crippen LogP contribution in [0.5, 0.6) is 11.5 Å². The van der Waals surface area contributed by atoms with Gasteiger partial charge in [-0.25, -0.2) is 4.90 Å². The van der Waals surface area contributed by atoms with Crippen molar-refractivity contribution in [2.45, 2.75) is 6.92 Å². The molecule has 1 N–H and O–H groups in total. The number of hydrogen-bond acceptors (Lipinski definition) is 4. The summed E-state index contributed by atoms with van der Waals surface area (Å²) in [7, 11) is 1.47. The lowest BCUT2D eigenvalue weighted by atomic mass is 9.91. The van der Waals surface area contributed by atoms with Crippen LogP contribution >= 0.6 is 0 Å². The van der Waals surface area contributed by atoms with E-state index in [0.717, 1.165) is 5.56 Å². The van der Waals surface area contributed by atoms with E-state index in [1.807, 2.05) is 19.1 Å². The second-order valence-corrected chi connectivity index (χ2v) is 6.82. The lowest BCUT2D eigenvalue weighted by Crippen LogP contribution is -2.41. The molecule has 1 aliphatic heterocycles. The number of methoxy groups -OCH3 is 1. The maximum absolute atomic E-state index is 13.3. The molecule has 29 heavy (non-hydrogen) atoms. The number of aromatic hydroxyl groups is 1. The number of phenolic OH excluding ortho intramolecular Hbond substituents is 1. The molecule has 0 aliphatic carbocycles. The minimum Gasteiger partial charge on any atom is -0.504 e. The van der Waals surface area contributed by atoms with Gasteiger partial charge in [0, 0.05) is 11.1 Å². The van der Waals surface area contributed by atoms with Crippen molar-refractivity contribution in [1.29, 1.82) is 0 Å². The second kappa shape index (κ2) is 7.28. The second-order valence-electron chi connectivity index (χ2n) is 6.82. The molecule has 0 unspecified atom stereocenters. The molecule has 0 fully saturated rings. The fraction of sp³-hybridized carbons (Fsp3) is 0.0833. The van der Waals surface area contributed by atoms with Crippen LogP contribution < -0.4 is 9.64 Å². The van der Waals surface area contributed by atoms with Gasteiger partial charge in [0.25, 0.3) is 11.8 Å². The zero-order valence-corrected chi connectivity index (χ0v) is 16.0. The van der Waals surface area contributed by atoms with E-state index in [2.05, 4.69) is 0 Å². The Kier molecular flexibility index (Phi) is 4.64. The molecule has 144 valence electrons.